The van der Waals surface area contributed by atoms with E-state index < -0.39 is 0 Å². The van der Waals surface area contributed by atoms with Crippen molar-refractivity contribution in [1.82, 2.24) is 10.2 Å². The Morgan fingerprint density at radius 3 is 2.78 bits per heavy atom. The van der Waals surface area contributed by atoms with Gasteiger partial charge in [-0.25, -0.2) is 0 Å². The number of hydrogen-bond donors (Lipinski definition) is 1. The van der Waals surface area contributed by atoms with Crippen LogP contribution in [0.3, 0.4) is 0 Å². The van der Waals surface area contributed by atoms with Gasteiger partial charge in [0.05, 0.1) is 13.2 Å². The van der Waals surface area contributed by atoms with Gasteiger partial charge in [0, 0.05) is 12.1 Å². The fraction of sp³-hybridized carbons (Fsp3) is 0.381. The molecule has 1 N–H and O–H groups in total. The molecule has 4 rings (SSSR count). The molecule has 0 unspecified atom stereocenters. The molecule has 6 nitrogen and oxygen atoms in total. The molecule has 0 bridgehead atoms. The van der Waals surface area contributed by atoms with Crippen molar-refractivity contribution in [1.29, 1.82) is 0 Å². The van der Waals surface area contributed by atoms with Crippen molar-refractivity contribution in [2.45, 2.75) is 18.9 Å². The highest BCUT2D eigenvalue weighted by Gasteiger charge is 2.26. The van der Waals surface area contributed by atoms with Crippen LogP contribution in [0.2, 0.25) is 0 Å². The van der Waals surface area contributed by atoms with Crippen molar-refractivity contribution < 1.29 is 19.0 Å². The minimum Gasteiger partial charge on any atom is -0.497 e. The van der Waals surface area contributed by atoms with E-state index in [1.807, 2.05) is 24.3 Å². The number of nitrogens with one attached hydrogen (secondary N) is 1. The summed E-state index contributed by atoms with van der Waals surface area (Å²) in [5.74, 6) is 2.13. The first-order valence-electron chi connectivity index (χ1n) is 9.30. The molecule has 1 fully saturated rings. The van der Waals surface area contributed by atoms with Crippen LogP contribution >= 0.6 is 0 Å². The van der Waals surface area contributed by atoms with Crippen LogP contribution in [-0.2, 0) is 0 Å². The maximum Gasteiger partial charge on any atom is 0.251 e. The van der Waals surface area contributed by atoms with E-state index in [1.165, 1.54) is 12.8 Å². The zero-order valence-electron chi connectivity index (χ0n) is 15.4. The molecule has 2 aromatic carbocycles. The van der Waals surface area contributed by atoms with Crippen molar-refractivity contribution in [2.24, 2.45) is 0 Å². The normalized spacial score (nSPS) is 16.9. The number of methoxy groups -OCH3 is 1. The lowest BCUT2D eigenvalue weighted by Gasteiger charge is -2.28. The summed E-state index contributed by atoms with van der Waals surface area (Å²) in [6.45, 7) is 2.87. The molecule has 27 heavy (non-hydrogen) atoms. The Morgan fingerprint density at radius 2 is 1.96 bits per heavy atom. The van der Waals surface area contributed by atoms with Crippen molar-refractivity contribution in [2.75, 3.05) is 33.5 Å². The largest absolute Gasteiger partial charge is 0.497 e. The number of ether oxygens (including phenoxy) is 3. The number of benzene rings is 2. The van der Waals surface area contributed by atoms with Crippen molar-refractivity contribution in [3.63, 3.8) is 0 Å². The van der Waals surface area contributed by atoms with Crippen molar-refractivity contribution in [3.05, 3.63) is 53.6 Å². The van der Waals surface area contributed by atoms with Gasteiger partial charge in [0.1, 0.15) is 5.75 Å². The molecule has 2 heterocycles. The summed E-state index contributed by atoms with van der Waals surface area (Å²) in [6.07, 6.45) is 2.37. The summed E-state index contributed by atoms with van der Waals surface area (Å²) in [4.78, 5) is 15.0. The highest BCUT2D eigenvalue weighted by Crippen LogP contribution is 2.36. The molecule has 142 valence electrons. The van der Waals surface area contributed by atoms with Crippen LogP contribution < -0.4 is 19.5 Å². The predicted molar refractivity (Wildman–Crippen MR) is 101 cm³/mol. The monoisotopic (exact) mass is 368 g/mol. The van der Waals surface area contributed by atoms with Gasteiger partial charge in [-0.15, -0.1) is 0 Å². The SMILES string of the molecule is COc1cccc(C(=O)NC[C@H](c2ccc3c(c2)OCO3)N2CCCC2)c1. The number of fused-ring (bicyclic) bond motifs is 1. The molecule has 0 radical (unpaired) electrons. The quantitative estimate of drug-likeness (QED) is 0.849. The fourth-order valence-corrected chi connectivity index (χ4v) is 3.69. The predicted octanol–water partition coefficient (Wildman–Crippen LogP) is 2.99. The van der Waals surface area contributed by atoms with Gasteiger partial charge in [-0.2, -0.15) is 0 Å². The maximum absolute atomic E-state index is 12.6. The van der Waals surface area contributed by atoms with E-state index in [2.05, 4.69) is 16.3 Å². The van der Waals surface area contributed by atoms with Gasteiger partial charge >= 0.3 is 0 Å². The van der Waals surface area contributed by atoms with Crippen LogP contribution in [0.15, 0.2) is 42.5 Å². The average Bonchev–Trinajstić information content (AvgIpc) is 3.39. The standard InChI is InChI=1S/C21H24N2O4/c1-25-17-6-4-5-16(11-17)21(24)22-13-18(23-9-2-3-10-23)15-7-8-19-20(12-15)27-14-26-19/h4-8,11-12,18H,2-3,9-10,13-14H2,1H3,(H,22,24)/t18-/m1/s1. The number of rotatable bonds is 6. The summed E-state index contributed by atoms with van der Waals surface area (Å²) in [7, 11) is 1.60. The van der Waals surface area contributed by atoms with E-state index in [9.17, 15) is 4.79 Å². The summed E-state index contributed by atoms with van der Waals surface area (Å²) in [6, 6.07) is 13.3. The zero-order chi connectivity index (χ0) is 18.6. The molecule has 1 saturated heterocycles. The first-order chi connectivity index (χ1) is 13.2. The van der Waals surface area contributed by atoms with E-state index in [1.54, 1.807) is 19.2 Å². The van der Waals surface area contributed by atoms with Gasteiger partial charge in [-0.3, -0.25) is 9.69 Å². The van der Waals surface area contributed by atoms with Crippen LogP contribution in [0.25, 0.3) is 0 Å². The van der Waals surface area contributed by atoms with Crippen LogP contribution in [0.4, 0.5) is 0 Å². The van der Waals surface area contributed by atoms with E-state index in [0.29, 0.717) is 17.9 Å². The summed E-state index contributed by atoms with van der Waals surface area (Å²) < 4.78 is 16.2. The number of hydrogen-bond acceptors (Lipinski definition) is 5. The number of likely N-dealkylation sites (tertiary alicyclic amines) is 1. The van der Waals surface area contributed by atoms with E-state index >= 15 is 0 Å². The molecular formula is C21H24N2O4. The third kappa shape index (κ3) is 3.85. The number of carbonyl (C=O) groups excluding carboxylic acids is 1. The summed E-state index contributed by atoms with van der Waals surface area (Å²) >= 11 is 0. The lowest BCUT2D eigenvalue weighted by molar-refractivity contribution is 0.0937. The first-order valence-corrected chi connectivity index (χ1v) is 9.30. The molecule has 2 aliphatic heterocycles. The third-order valence-electron chi connectivity index (χ3n) is 5.15. The number of amides is 1. The molecule has 0 aromatic heterocycles. The molecule has 2 aromatic rings. The van der Waals surface area contributed by atoms with Gasteiger partial charge < -0.3 is 19.5 Å². The van der Waals surface area contributed by atoms with E-state index in [4.69, 9.17) is 14.2 Å². The van der Waals surface area contributed by atoms with Gasteiger partial charge in [0.15, 0.2) is 11.5 Å². The maximum atomic E-state index is 12.6. The Labute approximate surface area is 159 Å². The van der Waals surface area contributed by atoms with E-state index in [-0.39, 0.29) is 18.7 Å². The summed E-state index contributed by atoms with van der Waals surface area (Å²) in [5.41, 5.74) is 1.73. The molecule has 1 amide bonds. The highest BCUT2D eigenvalue weighted by molar-refractivity contribution is 5.94. The molecule has 6 heteroatoms. The van der Waals surface area contributed by atoms with Gasteiger partial charge in [0.2, 0.25) is 6.79 Å². The third-order valence-corrected chi connectivity index (χ3v) is 5.15. The Balaban J connectivity index is 1.50. The number of carbonyl (C=O) groups is 1. The second-order valence-electron chi connectivity index (χ2n) is 6.81. The lowest BCUT2D eigenvalue weighted by atomic mass is 10.0. The van der Waals surface area contributed by atoms with Crippen molar-refractivity contribution >= 4 is 5.91 Å². The second-order valence-corrected chi connectivity index (χ2v) is 6.81. The number of nitrogens with zero attached hydrogens (tertiary/aromatic N) is 1. The first kappa shape index (κ1) is 17.7. The van der Waals surface area contributed by atoms with Gasteiger partial charge in [-0.05, 0) is 61.8 Å². The van der Waals surface area contributed by atoms with Crippen LogP contribution in [-0.4, -0.2) is 44.3 Å². The fourth-order valence-electron chi connectivity index (χ4n) is 3.69. The minimum atomic E-state index is -0.0983. The van der Waals surface area contributed by atoms with Gasteiger partial charge in [-0.1, -0.05) is 12.1 Å². The molecule has 1 atom stereocenters. The lowest BCUT2D eigenvalue weighted by Crippen LogP contribution is -2.36. The van der Waals surface area contributed by atoms with Crippen LogP contribution in [0.1, 0.15) is 34.8 Å². The van der Waals surface area contributed by atoms with Crippen molar-refractivity contribution in [3.8, 4) is 17.2 Å². The molecule has 0 aliphatic carbocycles. The smallest absolute Gasteiger partial charge is 0.251 e. The topological polar surface area (TPSA) is 60.0 Å². The molecule has 0 spiro atoms. The Kier molecular flexibility index (Phi) is 5.16. The highest BCUT2D eigenvalue weighted by atomic mass is 16.7. The zero-order valence-corrected chi connectivity index (χ0v) is 15.4. The van der Waals surface area contributed by atoms with Crippen LogP contribution in [0.5, 0.6) is 17.2 Å². The van der Waals surface area contributed by atoms with Gasteiger partial charge in [0.25, 0.3) is 5.91 Å². The minimum absolute atomic E-state index is 0.0983. The average molecular weight is 368 g/mol. The Bertz CT molecular complexity index is 818. The Hall–Kier alpha value is -2.73. The van der Waals surface area contributed by atoms with E-state index in [0.717, 1.165) is 30.2 Å². The summed E-state index contributed by atoms with van der Waals surface area (Å²) in [5, 5.41) is 3.09. The molecular weight excluding hydrogens is 344 g/mol. The Morgan fingerprint density at radius 1 is 1.15 bits per heavy atom. The van der Waals surface area contributed by atoms with Crippen LogP contribution in [0, 0.1) is 0 Å². The second kappa shape index (κ2) is 7.88. The molecule has 0 saturated carbocycles. The molecule has 2 aliphatic rings.